The first-order chi connectivity index (χ1) is 5.00. The summed E-state index contributed by atoms with van der Waals surface area (Å²) >= 11 is 16.8. The van der Waals surface area contributed by atoms with Gasteiger partial charge in [0, 0.05) is 5.38 Å². The maximum absolute atomic E-state index is 9.25. The lowest BCUT2D eigenvalue weighted by Gasteiger charge is -2.21. The first-order valence-corrected chi connectivity index (χ1v) is 4.52. The molecule has 0 radical (unpaired) electrons. The van der Waals surface area contributed by atoms with Crippen LogP contribution in [0.3, 0.4) is 0 Å². The molecule has 0 aliphatic rings. The van der Waals surface area contributed by atoms with Crippen molar-refractivity contribution in [3.05, 3.63) is 0 Å². The Labute approximate surface area is 81.1 Å². The summed E-state index contributed by atoms with van der Waals surface area (Å²) in [6.45, 7) is 1.35. The molecule has 11 heavy (non-hydrogen) atoms. The first-order valence-electron chi connectivity index (χ1n) is 3.21. The van der Waals surface area contributed by atoms with Crippen molar-refractivity contribution in [3.8, 4) is 0 Å². The molecule has 2 N–H and O–H groups in total. The average Bonchev–Trinajstić information content (AvgIpc) is 2.00. The maximum Gasteiger partial charge on any atom is 0.0903 e. The minimum Gasteiger partial charge on any atom is -0.395 e. The Hall–Kier alpha value is 0.790. The molecular weight excluding hydrogens is 210 g/mol. The van der Waals surface area contributed by atoms with Gasteiger partial charge < -0.3 is 10.2 Å². The van der Waals surface area contributed by atoms with E-state index in [4.69, 9.17) is 39.9 Å². The third kappa shape index (κ3) is 3.81. The van der Waals surface area contributed by atoms with Crippen LogP contribution in [0.4, 0.5) is 0 Å². The summed E-state index contributed by atoms with van der Waals surface area (Å²) in [4.78, 5) is 0. The van der Waals surface area contributed by atoms with Crippen LogP contribution in [0, 0.1) is 0 Å². The van der Waals surface area contributed by atoms with Crippen molar-refractivity contribution in [2.45, 2.75) is 29.2 Å². The monoisotopic (exact) mass is 220 g/mol. The molecule has 0 aromatic carbocycles. The zero-order chi connectivity index (χ0) is 9.02. The minimum atomic E-state index is -0.976. The Morgan fingerprint density at radius 1 is 1.27 bits per heavy atom. The average molecular weight is 222 g/mol. The molecule has 0 aromatic heterocycles. The van der Waals surface area contributed by atoms with E-state index in [1.54, 1.807) is 6.92 Å². The van der Waals surface area contributed by atoms with Gasteiger partial charge in [-0.2, -0.15) is 0 Å². The summed E-state index contributed by atoms with van der Waals surface area (Å²) in [5.74, 6) is 0. The van der Waals surface area contributed by atoms with Gasteiger partial charge in [-0.05, 0) is 6.92 Å². The summed E-state index contributed by atoms with van der Waals surface area (Å²) in [6, 6.07) is 0. The van der Waals surface area contributed by atoms with Crippen molar-refractivity contribution in [1.29, 1.82) is 0 Å². The molecule has 0 rings (SSSR count). The van der Waals surface area contributed by atoms with Crippen LogP contribution in [0.25, 0.3) is 0 Å². The fourth-order valence-electron chi connectivity index (χ4n) is 0.579. The quantitative estimate of drug-likeness (QED) is 0.700. The van der Waals surface area contributed by atoms with E-state index in [1.807, 2.05) is 0 Å². The fraction of sp³-hybridized carbons (Fsp3) is 1.00. The molecule has 0 amide bonds. The smallest absolute Gasteiger partial charge is 0.0903 e. The van der Waals surface area contributed by atoms with Crippen molar-refractivity contribution in [3.63, 3.8) is 0 Å². The van der Waals surface area contributed by atoms with Crippen LogP contribution >= 0.6 is 34.8 Å². The van der Waals surface area contributed by atoms with E-state index >= 15 is 0 Å². The molecule has 0 unspecified atom stereocenters. The lowest BCUT2D eigenvalue weighted by Crippen LogP contribution is -2.37. The number of aliphatic hydroxyl groups is 2. The van der Waals surface area contributed by atoms with E-state index < -0.39 is 16.9 Å². The zero-order valence-corrected chi connectivity index (χ0v) is 8.31. The van der Waals surface area contributed by atoms with Crippen molar-refractivity contribution in [2.24, 2.45) is 0 Å². The van der Waals surface area contributed by atoms with E-state index in [-0.39, 0.29) is 12.0 Å². The lowest BCUT2D eigenvalue weighted by atomic mass is 10.1. The van der Waals surface area contributed by atoms with Gasteiger partial charge in [0.05, 0.1) is 23.5 Å². The lowest BCUT2D eigenvalue weighted by molar-refractivity contribution is 0.133. The van der Waals surface area contributed by atoms with Gasteiger partial charge in [-0.1, -0.05) is 0 Å². The number of alkyl halides is 3. The van der Waals surface area contributed by atoms with Crippen LogP contribution in [0.2, 0.25) is 0 Å². The Kier molecular flexibility index (Phi) is 5.83. The van der Waals surface area contributed by atoms with Crippen molar-refractivity contribution >= 4 is 34.8 Å². The van der Waals surface area contributed by atoms with Crippen molar-refractivity contribution in [1.82, 2.24) is 0 Å². The van der Waals surface area contributed by atoms with Gasteiger partial charge in [-0.3, -0.25) is 0 Å². The SMILES string of the molecule is C[C@H](Cl)[C@@H](Cl)[C@H](O)[C@H](Cl)CO. The second kappa shape index (κ2) is 5.44. The Morgan fingerprint density at radius 3 is 2.00 bits per heavy atom. The molecule has 0 saturated heterocycles. The van der Waals surface area contributed by atoms with Crippen LogP contribution in [0.1, 0.15) is 6.92 Å². The predicted molar refractivity (Wildman–Crippen MR) is 47.7 cm³/mol. The van der Waals surface area contributed by atoms with Gasteiger partial charge in [0.2, 0.25) is 0 Å². The van der Waals surface area contributed by atoms with E-state index in [0.29, 0.717) is 0 Å². The summed E-state index contributed by atoms with van der Waals surface area (Å²) in [7, 11) is 0. The molecule has 0 heterocycles. The van der Waals surface area contributed by atoms with E-state index in [2.05, 4.69) is 0 Å². The molecule has 0 spiro atoms. The van der Waals surface area contributed by atoms with Crippen LogP contribution < -0.4 is 0 Å². The molecule has 2 nitrogen and oxygen atoms in total. The Balaban J connectivity index is 3.90. The summed E-state index contributed by atoms with van der Waals surface area (Å²) in [6.07, 6.45) is -0.976. The van der Waals surface area contributed by atoms with Crippen molar-refractivity contribution < 1.29 is 10.2 Å². The molecule has 68 valence electrons. The van der Waals surface area contributed by atoms with Crippen molar-refractivity contribution in [2.75, 3.05) is 6.61 Å². The number of hydrogen-bond acceptors (Lipinski definition) is 2. The molecule has 0 saturated carbocycles. The highest BCUT2D eigenvalue weighted by molar-refractivity contribution is 6.31. The van der Waals surface area contributed by atoms with Gasteiger partial charge in [0.15, 0.2) is 0 Å². The Morgan fingerprint density at radius 2 is 1.73 bits per heavy atom. The van der Waals surface area contributed by atoms with E-state index in [1.165, 1.54) is 0 Å². The third-order valence-electron chi connectivity index (χ3n) is 1.31. The minimum absolute atomic E-state index is 0.310. The second-order valence-electron chi connectivity index (χ2n) is 2.31. The number of halogens is 3. The number of aliphatic hydroxyl groups excluding tert-OH is 2. The Bertz CT molecular complexity index is 110. The molecule has 0 aromatic rings. The highest BCUT2D eigenvalue weighted by atomic mass is 35.5. The third-order valence-corrected chi connectivity index (χ3v) is 2.74. The van der Waals surface area contributed by atoms with E-state index in [9.17, 15) is 5.11 Å². The van der Waals surface area contributed by atoms with Crippen LogP contribution in [-0.4, -0.2) is 39.1 Å². The van der Waals surface area contributed by atoms with Gasteiger partial charge in [-0.25, -0.2) is 0 Å². The van der Waals surface area contributed by atoms with Crippen LogP contribution in [-0.2, 0) is 0 Å². The molecular formula is C6H11Cl3O2. The standard InChI is InChI=1S/C6H11Cl3O2/c1-3(7)5(9)6(11)4(8)2-10/h3-6,10-11H,2H2,1H3/t3-,4+,5+,6+/m0/s1. The van der Waals surface area contributed by atoms with Gasteiger partial charge in [-0.15, -0.1) is 34.8 Å². The molecule has 0 aliphatic heterocycles. The summed E-state index contributed by atoms with van der Waals surface area (Å²) in [5.41, 5.74) is 0. The maximum atomic E-state index is 9.25. The molecule has 0 bridgehead atoms. The molecule has 5 heteroatoms. The summed E-state index contributed by atoms with van der Waals surface area (Å²) < 4.78 is 0. The van der Waals surface area contributed by atoms with E-state index in [0.717, 1.165) is 0 Å². The fourth-order valence-corrected chi connectivity index (χ4v) is 1.14. The van der Waals surface area contributed by atoms with Gasteiger partial charge >= 0.3 is 0 Å². The summed E-state index contributed by atoms with van der Waals surface area (Å²) in [5, 5.41) is 16.0. The highest BCUT2D eigenvalue weighted by Crippen LogP contribution is 2.18. The highest BCUT2D eigenvalue weighted by Gasteiger charge is 2.27. The number of hydrogen-bond donors (Lipinski definition) is 2. The molecule has 4 atom stereocenters. The predicted octanol–water partition coefficient (Wildman–Crippen LogP) is 1.18. The van der Waals surface area contributed by atoms with Gasteiger partial charge in [0.25, 0.3) is 0 Å². The molecule has 0 fully saturated rings. The number of rotatable bonds is 4. The second-order valence-corrected chi connectivity index (χ2v) is 4.06. The largest absolute Gasteiger partial charge is 0.395 e. The topological polar surface area (TPSA) is 40.5 Å². The van der Waals surface area contributed by atoms with Crippen LogP contribution in [0.5, 0.6) is 0 Å². The first kappa shape index (κ1) is 11.8. The van der Waals surface area contributed by atoms with Crippen LogP contribution in [0.15, 0.2) is 0 Å². The molecule has 0 aliphatic carbocycles. The normalized spacial score (nSPS) is 22.4. The van der Waals surface area contributed by atoms with Gasteiger partial charge in [0.1, 0.15) is 0 Å². The zero-order valence-electron chi connectivity index (χ0n) is 6.04.